The van der Waals surface area contributed by atoms with Crippen LogP contribution in [0.25, 0.3) is 0 Å². The molecule has 0 amide bonds. The third-order valence-corrected chi connectivity index (χ3v) is 1.85. The Hall–Kier alpha value is -0.200. The number of isothiocyanates is 1. The van der Waals surface area contributed by atoms with Gasteiger partial charge in [0.2, 0.25) is 0 Å². The van der Waals surface area contributed by atoms with Gasteiger partial charge in [-0.3, -0.25) is 0 Å². The fourth-order valence-electron chi connectivity index (χ4n) is 1.02. The van der Waals surface area contributed by atoms with Gasteiger partial charge in [0.25, 0.3) is 0 Å². The Balaban J connectivity index is 3.17. The van der Waals surface area contributed by atoms with Crippen LogP contribution in [0, 0.1) is 0 Å². The Kier molecular flexibility index (Phi) is 7.76. The second kappa shape index (κ2) is 7.90. The van der Waals surface area contributed by atoms with Gasteiger partial charge >= 0.3 is 0 Å². The number of rotatable bonds is 6. The van der Waals surface area contributed by atoms with E-state index in [0.717, 1.165) is 6.42 Å². The van der Waals surface area contributed by atoms with Crippen molar-refractivity contribution in [2.75, 3.05) is 0 Å². The van der Waals surface area contributed by atoms with Gasteiger partial charge in [-0.15, -0.1) is 0 Å². The van der Waals surface area contributed by atoms with Gasteiger partial charge in [0.05, 0.1) is 11.2 Å². The SMILES string of the molecule is CCCCCC[C@@H](C)N=C=S. The number of nitrogens with zero attached hydrogens (tertiary/aromatic N) is 1. The summed E-state index contributed by atoms with van der Waals surface area (Å²) in [5.74, 6) is 0. The minimum Gasteiger partial charge on any atom is -0.229 e. The largest absolute Gasteiger partial charge is 0.229 e. The molecule has 0 aliphatic heterocycles. The average Bonchev–Trinajstić information content (AvgIpc) is 1.99. The van der Waals surface area contributed by atoms with E-state index in [1.54, 1.807) is 0 Å². The molecule has 0 rings (SSSR count). The van der Waals surface area contributed by atoms with E-state index in [9.17, 15) is 0 Å². The van der Waals surface area contributed by atoms with Crippen LogP contribution in [0.4, 0.5) is 0 Å². The molecule has 0 heterocycles. The van der Waals surface area contributed by atoms with Gasteiger partial charge in [-0.05, 0) is 25.6 Å². The molecule has 1 atom stereocenters. The third-order valence-electron chi connectivity index (χ3n) is 1.75. The first-order valence-corrected chi connectivity index (χ1v) is 4.79. The monoisotopic (exact) mass is 171 g/mol. The van der Waals surface area contributed by atoms with Crippen LogP contribution in [0.3, 0.4) is 0 Å². The second-order valence-electron chi connectivity index (χ2n) is 2.92. The molecule has 0 unspecified atom stereocenters. The average molecular weight is 171 g/mol. The number of thiocarbonyl (C=S) groups is 1. The van der Waals surface area contributed by atoms with Gasteiger partial charge in [0.15, 0.2) is 0 Å². The van der Waals surface area contributed by atoms with Crippen LogP contribution in [0.2, 0.25) is 0 Å². The van der Waals surface area contributed by atoms with Gasteiger partial charge in [0, 0.05) is 0 Å². The summed E-state index contributed by atoms with van der Waals surface area (Å²) in [6, 6.07) is 0.379. The summed E-state index contributed by atoms with van der Waals surface area (Å²) < 4.78 is 0. The van der Waals surface area contributed by atoms with E-state index < -0.39 is 0 Å². The molecule has 64 valence electrons. The zero-order valence-corrected chi connectivity index (χ0v) is 8.28. The van der Waals surface area contributed by atoms with Gasteiger partial charge in [-0.2, -0.15) is 0 Å². The number of aliphatic imine (C=N–C) groups is 1. The van der Waals surface area contributed by atoms with Crippen LogP contribution in [0.15, 0.2) is 4.99 Å². The van der Waals surface area contributed by atoms with Crippen molar-refractivity contribution >= 4 is 17.4 Å². The molecule has 0 radical (unpaired) electrons. The molecule has 2 heteroatoms. The molecular weight excluding hydrogens is 154 g/mol. The van der Waals surface area contributed by atoms with E-state index in [0.29, 0.717) is 6.04 Å². The van der Waals surface area contributed by atoms with E-state index in [-0.39, 0.29) is 0 Å². The predicted molar refractivity (Wildman–Crippen MR) is 53.2 cm³/mol. The summed E-state index contributed by atoms with van der Waals surface area (Å²) in [5.41, 5.74) is 0. The highest BCUT2D eigenvalue weighted by atomic mass is 32.1. The maximum absolute atomic E-state index is 4.51. The molecular formula is C9H17NS. The Labute approximate surface area is 74.9 Å². The lowest BCUT2D eigenvalue weighted by molar-refractivity contribution is 0.578. The molecule has 0 aromatic heterocycles. The van der Waals surface area contributed by atoms with E-state index >= 15 is 0 Å². The Morgan fingerprint density at radius 3 is 2.64 bits per heavy atom. The quantitative estimate of drug-likeness (QED) is 0.339. The van der Waals surface area contributed by atoms with Crippen molar-refractivity contribution in [1.29, 1.82) is 0 Å². The van der Waals surface area contributed by atoms with Crippen molar-refractivity contribution in [1.82, 2.24) is 0 Å². The smallest absolute Gasteiger partial charge is 0.0587 e. The van der Waals surface area contributed by atoms with Gasteiger partial charge in [0.1, 0.15) is 0 Å². The second-order valence-corrected chi connectivity index (χ2v) is 3.10. The van der Waals surface area contributed by atoms with Crippen molar-refractivity contribution in [3.05, 3.63) is 0 Å². The third kappa shape index (κ3) is 7.70. The highest BCUT2D eigenvalue weighted by molar-refractivity contribution is 7.78. The summed E-state index contributed by atoms with van der Waals surface area (Å²) in [6.07, 6.45) is 6.39. The molecule has 1 nitrogen and oxygen atoms in total. The zero-order chi connectivity index (χ0) is 8.53. The molecule has 0 saturated carbocycles. The molecule has 0 spiro atoms. The minimum absolute atomic E-state index is 0.379. The number of unbranched alkanes of at least 4 members (excludes halogenated alkanes) is 3. The van der Waals surface area contributed by atoms with Crippen molar-refractivity contribution < 1.29 is 0 Å². The van der Waals surface area contributed by atoms with Crippen LogP contribution >= 0.6 is 12.2 Å². The highest BCUT2D eigenvalue weighted by Gasteiger charge is 1.96. The fraction of sp³-hybridized carbons (Fsp3) is 0.889. The fourth-order valence-corrected chi connectivity index (χ4v) is 1.20. The predicted octanol–water partition coefficient (Wildman–Crippen LogP) is 3.45. The first kappa shape index (κ1) is 10.8. The Morgan fingerprint density at radius 1 is 1.36 bits per heavy atom. The topological polar surface area (TPSA) is 12.4 Å². The van der Waals surface area contributed by atoms with Crippen molar-refractivity contribution in [2.24, 2.45) is 4.99 Å². The van der Waals surface area contributed by atoms with Crippen molar-refractivity contribution in [2.45, 2.75) is 52.0 Å². The van der Waals surface area contributed by atoms with Crippen molar-refractivity contribution in [3.8, 4) is 0 Å². The molecule has 0 fully saturated rings. The molecule has 0 aromatic carbocycles. The van der Waals surface area contributed by atoms with Crippen LogP contribution < -0.4 is 0 Å². The summed E-state index contributed by atoms with van der Waals surface area (Å²) >= 11 is 4.51. The molecule has 11 heavy (non-hydrogen) atoms. The summed E-state index contributed by atoms with van der Waals surface area (Å²) in [6.45, 7) is 4.31. The first-order valence-electron chi connectivity index (χ1n) is 4.38. The zero-order valence-electron chi connectivity index (χ0n) is 7.47. The van der Waals surface area contributed by atoms with Crippen LogP contribution in [-0.4, -0.2) is 11.2 Å². The van der Waals surface area contributed by atoms with E-state index in [2.05, 4.69) is 36.2 Å². The Morgan fingerprint density at radius 2 is 2.09 bits per heavy atom. The maximum Gasteiger partial charge on any atom is 0.0587 e. The minimum atomic E-state index is 0.379. The van der Waals surface area contributed by atoms with E-state index in [1.165, 1.54) is 25.7 Å². The van der Waals surface area contributed by atoms with Crippen molar-refractivity contribution in [3.63, 3.8) is 0 Å². The van der Waals surface area contributed by atoms with E-state index in [1.807, 2.05) is 0 Å². The standard InChI is InChI=1S/C9H17NS/c1-3-4-5-6-7-9(2)10-8-11/h9H,3-7H2,1-2H3/t9-/m1/s1. The van der Waals surface area contributed by atoms with Crippen LogP contribution in [0.5, 0.6) is 0 Å². The normalized spacial score (nSPS) is 12.2. The van der Waals surface area contributed by atoms with Gasteiger partial charge < -0.3 is 0 Å². The maximum atomic E-state index is 4.51. The molecule has 0 bridgehead atoms. The highest BCUT2D eigenvalue weighted by Crippen LogP contribution is 2.06. The molecule has 0 N–H and O–H groups in total. The Bertz CT molecular complexity index is 128. The summed E-state index contributed by atoms with van der Waals surface area (Å²) in [5, 5.41) is 2.42. The van der Waals surface area contributed by atoms with Gasteiger partial charge in [-0.25, -0.2) is 4.99 Å². The first-order chi connectivity index (χ1) is 5.31. The molecule has 0 aliphatic carbocycles. The number of hydrogen-bond donors (Lipinski definition) is 0. The van der Waals surface area contributed by atoms with Crippen LogP contribution in [-0.2, 0) is 0 Å². The molecule has 0 saturated heterocycles. The summed E-state index contributed by atoms with van der Waals surface area (Å²) in [4.78, 5) is 3.99. The lowest BCUT2D eigenvalue weighted by atomic mass is 10.1. The summed E-state index contributed by atoms with van der Waals surface area (Å²) in [7, 11) is 0. The molecule has 0 aromatic rings. The van der Waals surface area contributed by atoms with Crippen LogP contribution in [0.1, 0.15) is 46.0 Å². The number of hydrogen-bond acceptors (Lipinski definition) is 2. The van der Waals surface area contributed by atoms with Gasteiger partial charge in [-0.1, -0.05) is 32.6 Å². The van der Waals surface area contributed by atoms with E-state index in [4.69, 9.17) is 0 Å². The lowest BCUT2D eigenvalue weighted by Gasteiger charge is -2.02. The lowest BCUT2D eigenvalue weighted by Crippen LogP contribution is -1.96. The molecule has 0 aliphatic rings.